The van der Waals surface area contributed by atoms with Crippen molar-refractivity contribution in [2.24, 2.45) is 5.41 Å². The van der Waals surface area contributed by atoms with E-state index in [2.05, 4.69) is 52.0 Å². The number of halogens is 1. The van der Waals surface area contributed by atoms with Gasteiger partial charge in [0.2, 0.25) is 0 Å². The summed E-state index contributed by atoms with van der Waals surface area (Å²) in [6.07, 6.45) is 2.68. The number of aromatic nitrogens is 2. The van der Waals surface area contributed by atoms with Crippen LogP contribution < -0.4 is 5.32 Å². The maximum Gasteiger partial charge on any atom is 0.143 e. The quantitative estimate of drug-likeness (QED) is 0.886. The van der Waals surface area contributed by atoms with Crippen LogP contribution in [0.1, 0.15) is 26.6 Å². The van der Waals surface area contributed by atoms with Crippen LogP contribution in [-0.4, -0.2) is 17.0 Å². The van der Waals surface area contributed by atoms with E-state index >= 15 is 0 Å². The van der Waals surface area contributed by atoms with E-state index in [-0.39, 0.29) is 5.41 Å². The van der Waals surface area contributed by atoms with Crippen LogP contribution in [0.5, 0.6) is 0 Å². The zero-order valence-electron chi connectivity index (χ0n) is 9.06. The first-order valence-corrected chi connectivity index (χ1v) is 5.41. The summed E-state index contributed by atoms with van der Waals surface area (Å²) in [5.41, 5.74) is 0.221. The van der Waals surface area contributed by atoms with Crippen molar-refractivity contribution < 1.29 is 0 Å². The largest absolute Gasteiger partial charge is 0.372 e. The van der Waals surface area contributed by atoms with Crippen LogP contribution in [0, 0.1) is 5.41 Å². The monoisotopic (exact) mass is 257 g/mol. The zero-order chi connectivity index (χ0) is 10.8. The molecular formula is C10H16BrN3. The lowest BCUT2D eigenvalue weighted by molar-refractivity contribution is 0.400. The van der Waals surface area contributed by atoms with Crippen LogP contribution >= 0.6 is 15.9 Å². The van der Waals surface area contributed by atoms with Gasteiger partial charge in [0, 0.05) is 19.7 Å². The molecule has 0 unspecified atom stereocenters. The lowest BCUT2D eigenvalue weighted by Crippen LogP contribution is -2.12. The Kier molecular flexibility index (Phi) is 3.48. The summed E-state index contributed by atoms with van der Waals surface area (Å²) in [6, 6.07) is 0. The van der Waals surface area contributed by atoms with Crippen molar-refractivity contribution in [3.8, 4) is 0 Å². The molecule has 0 spiro atoms. The first-order valence-electron chi connectivity index (χ1n) is 4.61. The van der Waals surface area contributed by atoms with E-state index < -0.39 is 0 Å². The topological polar surface area (TPSA) is 37.8 Å². The summed E-state index contributed by atoms with van der Waals surface area (Å²) in [5.74, 6) is 1.73. The normalized spacial score (nSPS) is 11.5. The average molecular weight is 258 g/mol. The lowest BCUT2D eigenvalue weighted by Gasteiger charge is -2.17. The van der Waals surface area contributed by atoms with Crippen molar-refractivity contribution in [3.05, 3.63) is 16.5 Å². The number of hydrogen-bond acceptors (Lipinski definition) is 3. The molecule has 0 atom stereocenters. The minimum Gasteiger partial charge on any atom is -0.372 e. The Hall–Kier alpha value is -0.640. The van der Waals surface area contributed by atoms with Crippen molar-refractivity contribution in [2.45, 2.75) is 27.2 Å². The number of rotatable bonds is 2. The zero-order valence-corrected chi connectivity index (χ0v) is 10.6. The number of hydrogen-bond donors (Lipinski definition) is 1. The second kappa shape index (κ2) is 4.26. The molecule has 1 N–H and O–H groups in total. The highest BCUT2D eigenvalue weighted by Gasteiger charge is 2.14. The predicted molar refractivity (Wildman–Crippen MR) is 62.4 cm³/mol. The minimum absolute atomic E-state index is 0.221. The summed E-state index contributed by atoms with van der Waals surface area (Å²) >= 11 is 3.38. The molecule has 0 aromatic carbocycles. The Morgan fingerprint density at radius 2 is 2.07 bits per heavy atom. The summed E-state index contributed by atoms with van der Waals surface area (Å²) < 4.78 is 0.901. The molecular weight excluding hydrogens is 242 g/mol. The van der Waals surface area contributed by atoms with Crippen LogP contribution in [0.25, 0.3) is 0 Å². The molecule has 1 heterocycles. The molecule has 4 heteroatoms. The van der Waals surface area contributed by atoms with E-state index in [1.54, 1.807) is 6.20 Å². The molecule has 14 heavy (non-hydrogen) atoms. The maximum atomic E-state index is 4.41. The van der Waals surface area contributed by atoms with Gasteiger partial charge >= 0.3 is 0 Å². The molecule has 1 aromatic rings. The molecule has 0 aliphatic heterocycles. The predicted octanol–water partition coefficient (Wildman–Crippen LogP) is 2.87. The Labute approximate surface area is 93.5 Å². The van der Waals surface area contributed by atoms with Crippen LogP contribution in [0.4, 0.5) is 5.82 Å². The van der Waals surface area contributed by atoms with Crippen molar-refractivity contribution in [1.29, 1.82) is 0 Å². The van der Waals surface area contributed by atoms with Crippen LogP contribution in [0.2, 0.25) is 0 Å². The van der Waals surface area contributed by atoms with Crippen molar-refractivity contribution in [3.63, 3.8) is 0 Å². The van der Waals surface area contributed by atoms with Gasteiger partial charge in [-0.05, 0) is 21.3 Å². The molecule has 3 nitrogen and oxygen atoms in total. The highest BCUT2D eigenvalue weighted by Crippen LogP contribution is 2.22. The van der Waals surface area contributed by atoms with Gasteiger partial charge in [0.15, 0.2) is 0 Å². The lowest BCUT2D eigenvalue weighted by atomic mass is 9.92. The first kappa shape index (κ1) is 11.4. The van der Waals surface area contributed by atoms with Crippen molar-refractivity contribution in [1.82, 2.24) is 9.97 Å². The Bertz CT molecular complexity index is 318. The third-order valence-electron chi connectivity index (χ3n) is 1.72. The molecule has 0 saturated carbocycles. The highest BCUT2D eigenvalue weighted by atomic mass is 79.9. The van der Waals surface area contributed by atoms with Gasteiger partial charge in [-0.3, -0.25) is 0 Å². The molecule has 0 saturated heterocycles. The Morgan fingerprint density at radius 1 is 1.43 bits per heavy atom. The Balaban J connectivity index is 2.90. The SMILES string of the molecule is CNc1nc(CC(C)(C)C)ncc1Br. The van der Waals surface area contributed by atoms with E-state index in [9.17, 15) is 0 Å². The summed E-state index contributed by atoms with van der Waals surface area (Å²) in [7, 11) is 1.86. The van der Waals surface area contributed by atoms with Crippen molar-refractivity contribution >= 4 is 21.7 Å². The molecule has 0 fully saturated rings. The average Bonchev–Trinajstić information content (AvgIpc) is 2.06. The fourth-order valence-corrected chi connectivity index (χ4v) is 1.53. The maximum absolute atomic E-state index is 4.41. The van der Waals surface area contributed by atoms with Crippen LogP contribution in [-0.2, 0) is 6.42 Å². The van der Waals surface area contributed by atoms with E-state index in [4.69, 9.17) is 0 Å². The van der Waals surface area contributed by atoms with Gasteiger partial charge in [0.1, 0.15) is 11.6 Å². The Morgan fingerprint density at radius 3 is 2.57 bits per heavy atom. The molecule has 0 amide bonds. The van der Waals surface area contributed by atoms with E-state index in [1.165, 1.54) is 0 Å². The highest BCUT2D eigenvalue weighted by molar-refractivity contribution is 9.10. The number of anilines is 1. The van der Waals surface area contributed by atoms with E-state index in [0.717, 1.165) is 22.5 Å². The summed E-state index contributed by atoms with van der Waals surface area (Å²) in [6.45, 7) is 6.53. The first-order chi connectivity index (χ1) is 6.42. The van der Waals surface area contributed by atoms with E-state index in [0.29, 0.717) is 0 Å². The fraction of sp³-hybridized carbons (Fsp3) is 0.600. The molecule has 0 aliphatic rings. The number of nitrogens with one attached hydrogen (secondary N) is 1. The standard InChI is InChI=1S/C10H16BrN3/c1-10(2,3)5-8-13-6-7(11)9(12-4)14-8/h6H,5H2,1-4H3,(H,12,13,14). The molecule has 0 aliphatic carbocycles. The van der Waals surface area contributed by atoms with Gasteiger partial charge in [-0.15, -0.1) is 0 Å². The molecule has 0 radical (unpaired) electrons. The summed E-state index contributed by atoms with van der Waals surface area (Å²) in [4.78, 5) is 8.68. The third-order valence-corrected chi connectivity index (χ3v) is 2.30. The van der Waals surface area contributed by atoms with Gasteiger partial charge in [-0.1, -0.05) is 20.8 Å². The van der Waals surface area contributed by atoms with E-state index in [1.807, 2.05) is 7.05 Å². The van der Waals surface area contributed by atoms with Gasteiger partial charge in [0.25, 0.3) is 0 Å². The minimum atomic E-state index is 0.221. The summed E-state index contributed by atoms with van der Waals surface area (Å²) in [5, 5.41) is 3.02. The van der Waals surface area contributed by atoms with Crippen LogP contribution in [0.15, 0.2) is 10.7 Å². The van der Waals surface area contributed by atoms with Gasteiger partial charge in [-0.2, -0.15) is 0 Å². The fourth-order valence-electron chi connectivity index (χ4n) is 1.14. The van der Waals surface area contributed by atoms with Crippen molar-refractivity contribution in [2.75, 3.05) is 12.4 Å². The van der Waals surface area contributed by atoms with Gasteiger partial charge < -0.3 is 5.32 Å². The second-order valence-corrected chi connectivity index (χ2v) is 5.32. The molecule has 78 valence electrons. The molecule has 0 bridgehead atoms. The molecule has 1 aromatic heterocycles. The molecule has 1 rings (SSSR count). The number of nitrogens with zero attached hydrogens (tertiary/aromatic N) is 2. The third kappa shape index (κ3) is 3.25. The van der Waals surface area contributed by atoms with Gasteiger partial charge in [-0.25, -0.2) is 9.97 Å². The second-order valence-electron chi connectivity index (χ2n) is 4.47. The van der Waals surface area contributed by atoms with Crippen LogP contribution in [0.3, 0.4) is 0 Å². The van der Waals surface area contributed by atoms with Gasteiger partial charge in [0.05, 0.1) is 4.47 Å². The smallest absolute Gasteiger partial charge is 0.143 e.